The van der Waals surface area contributed by atoms with Crippen LogP contribution < -0.4 is 0 Å². The third-order valence-corrected chi connectivity index (χ3v) is 3.21. The van der Waals surface area contributed by atoms with Crippen molar-refractivity contribution in [3.05, 3.63) is 71.5 Å². The molecule has 0 saturated carbocycles. The summed E-state index contributed by atoms with van der Waals surface area (Å²) in [5, 5.41) is 9.17. The van der Waals surface area contributed by atoms with E-state index < -0.39 is 30.0 Å². The monoisotopic (exact) mass is 294 g/mol. The number of hydrogen-bond acceptors (Lipinski definition) is 1. The van der Waals surface area contributed by atoms with E-state index in [1.807, 2.05) is 0 Å². The molecular formula is C16H13F3O2. The molecule has 2 rings (SSSR count). The molecule has 2 nitrogen and oxygen atoms in total. The minimum absolute atomic E-state index is 0.0260. The number of aliphatic carboxylic acids is 1. The molecule has 0 spiro atoms. The highest BCUT2D eigenvalue weighted by Gasteiger charge is 2.38. The molecule has 5 heteroatoms. The smallest absolute Gasteiger partial charge is 0.311 e. The fourth-order valence-corrected chi connectivity index (χ4v) is 2.13. The van der Waals surface area contributed by atoms with Crippen molar-refractivity contribution in [2.45, 2.75) is 18.3 Å². The van der Waals surface area contributed by atoms with Crippen LogP contribution in [0.15, 0.2) is 54.6 Å². The predicted molar refractivity (Wildman–Crippen MR) is 71.7 cm³/mol. The molecule has 110 valence electrons. The zero-order chi connectivity index (χ0) is 15.5. The molecule has 1 N–H and O–H groups in total. The van der Waals surface area contributed by atoms with Crippen LogP contribution in [0.4, 0.5) is 13.2 Å². The number of carbonyl (C=O) groups is 1. The Labute approximate surface area is 119 Å². The van der Waals surface area contributed by atoms with E-state index in [1.54, 1.807) is 6.07 Å². The molecule has 0 aliphatic carbocycles. The van der Waals surface area contributed by atoms with Gasteiger partial charge in [-0.15, -0.1) is 0 Å². The molecular weight excluding hydrogens is 281 g/mol. The van der Waals surface area contributed by atoms with Crippen molar-refractivity contribution in [3.63, 3.8) is 0 Å². The lowest BCUT2D eigenvalue weighted by atomic mass is 9.90. The van der Waals surface area contributed by atoms with Crippen LogP contribution in [0.2, 0.25) is 0 Å². The minimum Gasteiger partial charge on any atom is -0.481 e. The predicted octanol–water partition coefficient (Wildman–Crippen LogP) is 4.18. The van der Waals surface area contributed by atoms with Gasteiger partial charge in [0.25, 0.3) is 5.92 Å². The lowest BCUT2D eigenvalue weighted by Gasteiger charge is -2.21. The zero-order valence-electron chi connectivity index (χ0n) is 11.0. The number of rotatable bonds is 5. The van der Waals surface area contributed by atoms with E-state index in [9.17, 15) is 23.1 Å². The van der Waals surface area contributed by atoms with Gasteiger partial charge in [-0.1, -0.05) is 42.5 Å². The van der Waals surface area contributed by atoms with Crippen molar-refractivity contribution in [2.75, 3.05) is 0 Å². The average Bonchev–Trinajstić information content (AvgIpc) is 2.45. The van der Waals surface area contributed by atoms with Gasteiger partial charge in [-0.25, -0.2) is 13.2 Å². The van der Waals surface area contributed by atoms with Gasteiger partial charge in [-0.2, -0.15) is 0 Å². The van der Waals surface area contributed by atoms with Gasteiger partial charge >= 0.3 is 5.97 Å². The number of hydrogen-bond donors (Lipinski definition) is 1. The topological polar surface area (TPSA) is 37.3 Å². The summed E-state index contributed by atoms with van der Waals surface area (Å²) in [5.74, 6) is -6.84. The summed E-state index contributed by atoms with van der Waals surface area (Å²) in [6, 6.07) is 11.8. The second-order valence-electron chi connectivity index (χ2n) is 4.72. The first kappa shape index (κ1) is 15.1. The lowest BCUT2D eigenvalue weighted by molar-refractivity contribution is -0.141. The van der Waals surface area contributed by atoms with E-state index in [-0.39, 0.29) is 11.1 Å². The molecule has 21 heavy (non-hydrogen) atoms. The first-order valence-corrected chi connectivity index (χ1v) is 6.32. The van der Waals surface area contributed by atoms with E-state index >= 15 is 0 Å². The standard InChI is InChI=1S/C16H13F3O2/c17-13-8-4-5-11(9-13)14(15(20)21)10-16(18,19)12-6-2-1-3-7-12/h1-9,14H,10H2,(H,20,21). The van der Waals surface area contributed by atoms with Crippen LogP contribution in [0.1, 0.15) is 23.5 Å². The van der Waals surface area contributed by atoms with Gasteiger partial charge in [-0.3, -0.25) is 4.79 Å². The minimum atomic E-state index is -3.31. The van der Waals surface area contributed by atoms with E-state index in [4.69, 9.17) is 0 Å². The van der Waals surface area contributed by atoms with Crippen molar-refractivity contribution in [3.8, 4) is 0 Å². The van der Waals surface area contributed by atoms with Crippen molar-refractivity contribution in [1.29, 1.82) is 0 Å². The van der Waals surface area contributed by atoms with Crippen LogP contribution >= 0.6 is 0 Å². The summed E-state index contributed by atoms with van der Waals surface area (Å²) in [6.07, 6.45) is -0.921. The van der Waals surface area contributed by atoms with E-state index in [1.165, 1.54) is 36.4 Å². The number of alkyl halides is 2. The molecule has 0 fully saturated rings. The molecule has 0 aliphatic heterocycles. The van der Waals surface area contributed by atoms with Gasteiger partial charge in [0.2, 0.25) is 0 Å². The molecule has 0 radical (unpaired) electrons. The number of halogens is 3. The highest BCUT2D eigenvalue weighted by Crippen LogP contribution is 2.38. The fraction of sp³-hybridized carbons (Fsp3) is 0.188. The maximum absolute atomic E-state index is 14.2. The van der Waals surface area contributed by atoms with Gasteiger partial charge in [0, 0.05) is 12.0 Å². The zero-order valence-corrected chi connectivity index (χ0v) is 11.0. The van der Waals surface area contributed by atoms with Crippen molar-refractivity contribution in [1.82, 2.24) is 0 Å². The Morgan fingerprint density at radius 1 is 1.10 bits per heavy atom. The second kappa shape index (κ2) is 5.99. The molecule has 0 bridgehead atoms. The van der Waals surface area contributed by atoms with Crippen LogP contribution in [-0.2, 0) is 10.7 Å². The lowest BCUT2D eigenvalue weighted by Crippen LogP contribution is -2.23. The molecule has 1 unspecified atom stereocenters. The highest BCUT2D eigenvalue weighted by atomic mass is 19.3. The Balaban J connectivity index is 2.31. The molecule has 0 aromatic heterocycles. The fourth-order valence-electron chi connectivity index (χ4n) is 2.13. The van der Waals surface area contributed by atoms with Crippen molar-refractivity contribution < 1.29 is 23.1 Å². The molecule has 0 heterocycles. The van der Waals surface area contributed by atoms with Gasteiger partial charge in [0.15, 0.2) is 0 Å². The number of carboxylic acids is 1. The number of carboxylic acid groups (broad SMARTS) is 1. The SMILES string of the molecule is O=C(O)C(CC(F)(F)c1ccccc1)c1cccc(F)c1. The van der Waals surface area contributed by atoms with Gasteiger partial charge in [0.05, 0.1) is 5.92 Å². The van der Waals surface area contributed by atoms with E-state index in [2.05, 4.69) is 0 Å². The van der Waals surface area contributed by atoms with E-state index in [0.717, 1.165) is 12.1 Å². The third kappa shape index (κ3) is 3.62. The molecule has 0 saturated heterocycles. The van der Waals surface area contributed by atoms with Crippen molar-refractivity contribution in [2.24, 2.45) is 0 Å². The summed E-state index contributed by atoms with van der Waals surface area (Å²) in [5.41, 5.74) is -0.231. The van der Waals surface area contributed by atoms with Gasteiger partial charge in [-0.05, 0) is 17.7 Å². The Bertz CT molecular complexity index is 626. The Morgan fingerprint density at radius 2 is 1.76 bits per heavy atom. The first-order chi connectivity index (χ1) is 9.90. The summed E-state index contributed by atoms with van der Waals surface area (Å²) in [7, 11) is 0. The number of benzene rings is 2. The van der Waals surface area contributed by atoms with Crippen LogP contribution in [-0.4, -0.2) is 11.1 Å². The molecule has 2 aromatic rings. The Hall–Kier alpha value is -2.30. The third-order valence-electron chi connectivity index (χ3n) is 3.21. The average molecular weight is 294 g/mol. The van der Waals surface area contributed by atoms with Gasteiger partial charge < -0.3 is 5.11 Å². The Morgan fingerprint density at radius 3 is 2.33 bits per heavy atom. The summed E-state index contributed by atoms with van der Waals surface area (Å²) in [6.45, 7) is 0. The van der Waals surface area contributed by atoms with Gasteiger partial charge in [0.1, 0.15) is 5.82 Å². The first-order valence-electron chi connectivity index (χ1n) is 6.32. The maximum Gasteiger partial charge on any atom is 0.311 e. The summed E-state index contributed by atoms with van der Waals surface area (Å²) >= 11 is 0. The molecule has 1 atom stereocenters. The second-order valence-corrected chi connectivity index (χ2v) is 4.72. The summed E-state index contributed by atoms with van der Waals surface area (Å²) < 4.78 is 41.6. The molecule has 0 amide bonds. The largest absolute Gasteiger partial charge is 0.481 e. The molecule has 0 aliphatic rings. The Kier molecular flexibility index (Phi) is 4.31. The quantitative estimate of drug-likeness (QED) is 0.898. The maximum atomic E-state index is 14.2. The highest BCUT2D eigenvalue weighted by molar-refractivity contribution is 5.76. The van der Waals surface area contributed by atoms with Crippen LogP contribution in [0.25, 0.3) is 0 Å². The normalized spacial score (nSPS) is 12.9. The van der Waals surface area contributed by atoms with Crippen LogP contribution in [0, 0.1) is 5.82 Å². The summed E-state index contributed by atoms with van der Waals surface area (Å²) in [4.78, 5) is 11.3. The molecule has 2 aromatic carbocycles. The van der Waals surface area contributed by atoms with E-state index in [0.29, 0.717) is 0 Å². The van der Waals surface area contributed by atoms with Crippen LogP contribution in [0.3, 0.4) is 0 Å². The van der Waals surface area contributed by atoms with Crippen LogP contribution in [0.5, 0.6) is 0 Å². The van der Waals surface area contributed by atoms with Crippen molar-refractivity contribution >= 4 is 5.97 Å².